The van der Waals surface area contributed by atoms with Gasteiger partial charge in [-0.2, -0.15) is 0 Å². The molecule has 0 radical (unpaired) electrons. The van der Waals surface area contributed by atoms with E-state index in [2.05, 4.69) is 0 Å². The lowest BCUT2D eigenvalue weighted by Gasteiger charge is -2.10. The highest BCUT2D eigenvalue weighted by Crippen LogP contribution is 2.32. The Morgan fingerprint density at radius 2 is 1.70 bits per heavy atom. The number of aliphatic hydroxyl groups excluding tert-OH is 1. The maximum atomic E-state index is 11.7. The molecule has 0 bridgehead atoms. The Kier molecular flexibility index (Phi) is 6.26. The zero-order chi connectivity index (χ0) is 14.9. The molecule has 0 aromatic carbocycles. The van der Waals surface area contributed by atoms with E-state index in [0.29, 0.717) is 12.2 Å². The van der Waals surface area contributed by atoms with Gasteiger partial charge < -0.3 is 5.11 Å². The molecular formula is C10H12I2N2O4S2. The van der Waals surface area contributed by atoms with Gasteiger partial charge in [-0.25, -0.2) is 3.11 Å². The third-order valence-corrected chi connectivity index (χ3v) is 7.78. The molecule has 6 nitrogen and oxygen atoms in total. The molecule has 3 atom stereocenters. The summed E-state index contributed by atoms with van der Waals surface area (Å²) in [4.78, 5) is 34.8. The molecule has 10 heteroatoms. The third-order valence-electron chi connectivity index (χ3n) is 2.94. The van der Waals surface area contributed by atoms with Crippen molar-refractivity contribution in [2.45, 2.75) is 29.6 Å². The minimum atomic E-state index is -0.699. The van der Waals surface area contributed by atoms with Crippen LogP contribution < -0.4 is 0 Å². The molecule has 3 amide bonds. The van der Waals surface area contributed by atoms with Crippen molar-refractivity contribution in [2.24, 2.45) is 0 Å². The summed E-state index contributed by atoms with van der Waals surface area (Å²) >= 11 is 6.52. The van der Waals surface area contributed by atoms with Crippen LogP contribution in [0.5, 0.6) is 0 Å². The van der Waals surface area contributed by atoms with Crippen LogP contribution in [0.15, 0.2) is 0 Å². The van der Waals surface area contributed by atoms with Gasteiger partial charge in [0.15, 0.2) is 0 Å². The predicted molar refractivity (Wildman–Crippen MR) is 94.5 cm³/mol. The Hall–Kier alpha value is 0.730. The van der Waals surface area contributed by atoms with Crippen molar-refractivity contribution in [3.8, 4) is 0 Å². The number of nitrogens with zero attached hydrogens (tertiary/aromatic N) is 2. The van der Waals surface area contributed by atoms with Crippen molar-refractivity contribution in [3.63, 3.8) is 0 Å². The fraction of sp³-hybridized carbons (Fsp3) is 0.700. The van der Waals surface area contributed by atoms with E-state index < -0.39 is 6.23 Å². The van der Waals surface area contributed by atoms with Gasteiger partial charge in [-0.15, -0.1) is 23.5 Å². The van der Waals surface area contributed by atoms with E-state index >= 15 is 0 Å². The number of carbonyl (C=O) groups is 3. The topological polar surface area (TPSA) is 77.9 Å². The SMILES string of the molecule is O=C1CC(SCCSC2CC(O)N(I)C2=O)C(=O)N1I. The molecule has 0 aromatic heterocycles. The van der Waals surface area contributed by atoms with Crippen molar-refractivity contribution in [1.29, 1.82) is 0 Å². The molecule has 0 spiro atoms. The lowest BCUT2D eigenvalue weighted by molar-refractivity contribution is -0.130. The molecule has 3 unspecified atom stereocenters. The maximum Gasteiger partial charge on any atom is 0.251 e. The van der Waals surface area contributed by atoms with E-state index in [4.69, 9.17) is 0 Å². The fourth-order valence-corrected chi connectivity index (χ4v) is 5.78. The number of halogens is 2. The van der Waals surface area contributed by atoms with Crippen molar-refractivity contribution < 1.29 is 19.5 Å². The van der Waals surface area contributed by atoms with Crippen LogP contribution in [-0.4, -0.2) is 57.3 Å². The van der Waals surface area contributed by atoms with Crippen LogP contribution >= 0.6 is 69.3 Å². The highest BCUT2D eigenvalue weighted by molar-refractivity contribution is 14.1. The number of imide groups is 1. The van der Waals surface area contributed by atoms with Gasteiger partial charge >= 0.3 is 0 Å². The van der Waals surface area contributed by atoms with Gasteiger partial charge in [0.2, 0.25) is 11.8 Å². The molecule has 2 aliphatic rings. The van der Waals surface area contributed by atoms with E-state index in [1.165, 1.54) is 26.6 Å². The number of hydrogen-bond acceptors (Lipinski definition) is 6. The Morgan fingerprint density at radius 1 is 1.10 bits per heavy atom. The molecule has 2 heterocycles. The summed E-state index contributed by atoms with van der Waals surface area (Å²) in [6.45, 7) is 0. The van der Waals surface area contributed by atoms with E-state index in [1.54, 1.807) is 22.9 Å². The monoisotopic (exact) mass is 542 g/mol. The average molecular weight is 542 g/mol. The summed E-state index contributed by atoms with van der Waals surface area (Å²) in [6, 6.07) is 0. The zero-order valence-corrected chi connectivity index (χ0v) is 16.1. The minimum absolute atomic E-state index is 0.0568. The summed E-state index contributed by atoms with van der Waals surface area (Å²) in [5.74, 6) is 1.09. The van der Waals surface area contributed by atoms with E-state index in [0.717, 1.165) is 8.87 Å². The fourth-order valence-electron chi connectivity index (χ4n) is 1.89. The quantitative estimate of drug-likeness (QED) is 0.244. The van der Waals surface area contributed by atoms with Gasteiger partial charge in [0.25, 0.3) is 5.91 Å². The molecule has 2 saturated heterocycles. The van der Waals surface area contributed by atoms with Crippen LogP contribution in [0.4, 0.5) is 0 Å². The van der Waals surface area contributed by atoms with Gasteiger partial charge in [0.05, 0.1) is 56.2 Å². The summed E-state index contributed by atoms with van der Waals surface area (Å²) in [6.07, 6.45) is 0.00833. The summed E-state index contributed by atoms with van der Waals surface area (Å²) in [5, 5.41) is 9.06. The summed E-state index contributed by atoms with van der Waals surface area (Å²) in [7, 11) is 0. The first-order valence-corrected chi connectivity index (χ1v) is 9.87. The number of hydrogen-bond donors (Lipinski definition) is 1. The molecule has 2 fully saturated rings. The van der Waals surface area contributed by atoms with Crippen LogP contribution in [0.1, 0.15) is 12.8 Å². The highest BCUT2D eigenvalue weighted by atomic mass is 127. The molecular weight excluding hydrogens is 530 g/mol. The Balaban J connectivity index is 1.69. The molecule has 2 rings (SSSR count). The molecule has 2 aliphatic heterocycles. The van der Waals surface area contributed by atoms with E-state index in [9.17, 15) is 19.5 Å². The average Bonchev–Trinajstić information content (AvgIpc) is 2.80. The van der Waals surface area contributed by atoms with Gasteiger partial charge in [0.1, 0.15) is 6.23 Å². The van der Waals surface area contributed by atoms with Crippen LogP contribution in [0, 0.1) is 0 Å². The smallest absolute Gasteiger partial charge is 0.251 e. The van der Waals surface area contributed by atoms with E-state index in [1.807, 2.05) is 22.9 Å². The molecule has 0 saturated carbocycles. The number of carbonyl (C=O) groups excluding carboxylic acids is 3. The van der Waals surface area contributed by atoms with Crippen molar-refractivity contribution in [2.75, 3.05) is 11.5 Å². The predicted octanol–water partition coefficient (Wildman–Crippen LogP) is 1.20. The van der Waals surface area contributed by atoms with Crippen LogP contribution in [0.3, 0.4) is 0 Å². The second-order valence-electron chi connectivity index (χ2n) is 4.30. The normalized spacial score (nSPS) is 30.8. The number of thioether (sulfide) groups is 2. The second kappa shape index (κ2) is 7.33. The van der Waals surface area contributed by atoms with Crippen molar-refractivity contribution in [1.82, 2.24) is 6.23 Å². The van der Waals surface area contributed by atoms with E-state index in [-0.39, 0.29) is 34.6 Å². The minimum Gasteiger partial charge on any atom is -0.373 e. The molecule has 1 N–H and O–H groups in total. The van der Waals surface area contributed by atoms with Gasteiger partial charge in [-0.05, 0) is 0 Å². The lowest BCUT2D eigenvalue weighted by atomic mass is 10.3. The van der Waals surface area contributed by atoms with Gasteiger partial charge in [-0.1, -0.05) is 0 Å². The van der Waals surface area contributed by atoms with Crippen molar-refractivity contribution in [3.05, 3.63) is 0 Å². The van der Waals surface area contributed by atoms with Gasteiger partial charge in [-0.3, -0.25) is 17.5 Å². The lowest BCUT2D eigenvalue weighted by Crippen LogP contribution is -2.23. The third kappa shape index (κ3) is 3.73. The number of aliphatic hydroxyl groups is 1. The highest BCUT2D eigenvalue weighted by Gasteiger charge is 2.39. The first-order valence-electron chi connectivity index (χ1n) is 5.84. The Morgan fingerprint density at radius 3 is 2.15 bits per heavy atom. The first kappa shape index (κ1) is 17.1. The maximum absolute atomic E-state index is 11.7. The molecule has 112 valence electrons. The van der Waals surface area contributed by atoms with Gasteiger partial charge in [0, 0.05) is 24.3 Å². The molecule has 20 heavy (non-hydrogen) atoms. The summed E-state index contributed by atoms with van der Waals surface area (Å²) in [5.41, 5.74) is 0. The first-order chi connectivity index (χ1) is 9.41. The zero-order valence-electron chi connectivity index (χ0n) is 10.2. The number of amides is 3. The Labute approximate surface area is 152 Å². The number of rotatable bonds is 5. The largest absolute Gasteiger partial charge is 0.373 e. The Bertz CT molecular complexity index is 439. The molecule has 0 aliphatic carbocycles. The van der Waals surface area contributed by atoms with Crippen LogP contribution in [0.2, 0.25) is 0 Å². The molecule has 0 aromatic rings. The summed E-state index contributed by atoms with van der Waals surface area (Å²) < 4.78 is 2.48. The van der Waals surface area contributed by atoms with Crippen LogP contribution in [-0.2, 0) is 14.4 Å². The second-order valence-corrected chi connectivity index (χ2v) is 8.93. The van der Waals surface area contributed by atoms with Crippen LogP contribution in [0.25, 0.3) is 0 Å². The van der Waals surface area contributed by atoms with Crippen molar-refractivity contribution >= 4 is 87.0 Å². The standard InChI is InChI=1S/C10H12I2N2O4S2/c11-13-7(15)3-5(9(13)17)19-1-2-20-6-4-8(16)14(12)10(6)18/h5-7,15H,1-4H2.